The zero-order chi connectivity index (χ0) is 18.3. The number of hydrogen-bond donors (Lipinski definition) is 1. The molecule has 7 nitrogen and oxygen atoms in total. The number of aryl methyl sites for hydroxylation is 1. The van der Waals surface area contributed by atoms with E-state index in [0.29, 0.717) is 41.9 Å². The minimum Gasteiger partial charge on any atom is -0.367 e. The molecule has 0 spiro atoms. The van der Waals surface area contributed by atoms with Crippen molar-refractivity contribution in [2.75, 3.05) is 18.0 Å². The molecule has 9 heteroatoms. The topological polar surface area (TPSA) is 75.9 Å². The van der Waals surface area contributed by atoms with Gasteiger partial charge in [-0.15, -0.1) is 5.10 Å². The van der Waals surface area contributed by atoms with E-state index in [2.05, 4.69) is 20.6 Å². The maximum Gasteiger partial charge on any atom is 0.253 e. The van der Waals surface area contributed by atoms with Gasteiger partial charge in [-0.3, -0.25) is 4.79 Å². The van der Waals surface area contributed by atoms with Gasteiger partial charge in [-0.1, -0.05) is 5.21 Å². The van der Waals surface area contributed by atoms with Gasteiger partial charge in [-0.05, 0) is 24.6 Å². The Morgan fingerprint density at radius 2 is 2.15 bits per heavy atom. The van der Waals surface area contributed by atoms with Crippen molar-refractivity contribution >= 4 is 22.8 Å². The number of nitrogens with zero attached hydrogens (tertiary/aromatic N) is 5. The molecule has 26 heavy (non-hydrogen) atoms. The molecule has 4 rings (SSSR count). The first-order valence-electron chi connectivity index (χ1n) is 8.17. The summed E-state index contributed by atoms with van der Waals surface area (Å²) in [6, 6.07) is 5.01. The van der Waals surface area contributed by atoms with E-state index in [-0.39, 0.29) is 11.9 Å². The lowest BCUT2D eigenvalue weighted by molar-refractivity contribution is 0.0940. The molecule has 134 valence electrons. The van der Waals surface area contributed by atoms with Gasteiger partial charge in [0.25, 0.3) is 5.91 Å². The van der Waals surface area contributed by atoms with Crippen LogP contribution in [-0.2, 0) is 7.05 Å². The monoisotopic (exact) mass is 358 g/mol. The van der Waals surface area contributed by atoms with Crippen molar-refractivity contribution in [2.45, 2.75) is 12.5 Å². The molecule has 1 aliphatic rings. The van der Waals surface area contributed by atoms with Crippen LogP contribution in [0.4, 0.5) is 14.5 Å². The second kappa shape index (κ2) is 6.32. The highest BCUT2D eigenvalue weighted by Gasteiger charge is 2.26. The van der Waals surface area contributed by atoms with E-state index in [1.807, 2.05) is 0 Å². The van der Waals surface area contributed by atoms with Crippen molar-refractivity contribution in [2.24, 2.45) is 7.05 Å². The Morgan fingerprint density at radius 3 is 2.96 bits per heavy atom. The van der Waals surface area contributed by atoms with E-state index in [9.17, 15) is 13.6 Å². The molecule has 3 heterocycles. The van der Waals surface area contributed by atoms with Gasteiger partial charge in [0.1, 0.15) is 17.2 Å². The largest absolute Gasteiger partial charge is 0.367 e. The standard InChI is InChI=1S/C17H16F2N6O/c1-24-16-14(22-23-24)6-10(8-20-16)17(26)21-12-4-5-25(9-12)15-3-2-11(18)7-13(15)19/h2-3,6-8,12H,4-5,9H2,1H3,(H,21,26). The first kappa shape index (κ1) is 16.4. The molecular formula is C17H16F2N6O. The normalized spacial score (nSPS) is 17.0. The number of amides is 1. The van der Waals surface area contributed by atoms with Crippen LogP contribution < -0.4 is 10.2 Å². The Labute approximate surface area is 147 Å². The Bertz CT molecular complexity index is 989. The van der Waals surface area contributed by atoms with E-state index < -0.39 is 11.6 Å². The fourth-order valence-corrected chi connectivity index (χ4v) is 3.15. The van der Waals surface area contributed by atoms with Crippen LogP contribution in [0.5, 0.6) is 0 Å². The van der Waals surface area contributed by atoms with Crippen molar-refractivity contribution in [3.05, 3.63) is 47.7 Å². The number of nitrogens with one attached hydrogen (secondary N) is 1. The van der Waals surface area contributed by atoms with Crippen LogP contribution >= 0.6 is 0 Å². The molecule has 1 unspecified atom stereocenters. The molecule has 1 aromatic carbocycles. The summed E-state index contributed by atoms with van der Waals surface area (Å²) in [5.74, 6) is -1.48. The average molecular weight is 358 g/mol. The lowest BCUT2D eigenvalue weighted by Crippen LogP contribution is -2.37. The Morgan fingerprint density at radius 1 is 1.31 bits per heavy atom. The molecule has 2 aromatic heterocycles. The number of benzene rings is 1. The van der Waals surface area contributed by atoms with E-state index in [0.717, 1.165) is 6.07 Å². The summed E-state index contributed by atoms with van der Waals surface area (Å²) >= 11 is 0. The number of carbonyl (C=O) groups excluding carboxylic acids is 1. The maximum absolute atomic E-state index is 13.9. The quantitative estimate of drug-likeness (QED) is 0.771. The minimum absolute atomic E-state index is 0.135. The number of halogens is 2. The number of hydrogen-bond acceptors (Lipinski definition) is 5. The number of anilines is 1. The van der Waals surface area contributed by atoms with Crippen LogP contribution in [0.15, 0.2) is 30.5 Å². The summed E-state index contributed by atoms with van der Waals surface area (Å²) in [6.07, 6.45) is 2.15. The lowest BCUT2D eigenvalue weighted by Gasteiger charge is -2.19. The molecule has 1 atom stereocenters. The third-order valence-corrected chi connectivity index (χ3v) is 4.48. The summed E-state index contributed by atoms with van der Waals surface area (Å²) in [7, 11) is 1.73. The van der Waals surface area contributed by atoms with Crippen LogP contribution in [0.3, 0.4) is 0 Å². The van der Waals surface area contributed by atoms with Gasteiger partial charge in [-0.25, -0.2) is 18.4 Å². The van der Waals surface area contributed by atoms with Gasteiger partial charge in [0.2, 0.25) is 0 Å². The van der Waals surface area contributed by atoms with Crippen LogP contribution in [0, 0.1) is 11.6 Å². The molecule has 0 radical (unpaired) electrons. The highest BCUT2D eigenvalue weighted by molar-refractivity contribution is 5.96. The van der Waals surface area contributed by atoms with Crippen molar-refractivity contribution in [1.29, 1.82) is 0 Å². The fraction of sp³-hybridized carbons (Fsp3) is 0.294. The predicted molar refractivity (Wildman–Crippen MR) is 90.7 cm³/mol. The Balaban J connectivity index is 1.44. The molecular weight excluding hydrogens is 342 g/mol. The highest BCUT2D eigenvalue weighted by Crippen LogP contribution is 2.24. The predicted octanol–water partition coefficient (Wildman–Crippen LogP) is 1.65. The van der Waals surface area contributed by atoms with Crippen LogP contribution in [-0.4, -0.2) is 45.0 Å². The van der Waals surface area contributed by atoms with Gasteiger partial charge in [0.15, 0.2) is 5.65 Å². The number of fused-ring (bicyclic) bond motifs is 1. The van der Waals surface area contributed by atoms with Crippen LogP contribution in [0.2, 0.25) is 0 Å². The Hall–Kier alpha value is -3.10. The van der Waals surface area contributed by atoms with Crippen LogP contribution in [0.25, 0.3) is 11.2 Å². The van der Waals surface area contributed by atoms with Gasteiger partial charge >= 0.3 is 0 Å². The summed E-state index contributed by atoms with van der Waals surface area (Å²) < 4.78 is 28.5. The summed E-state index contributed by atoms with van der Waals surface area (Å²) in [4.78, 5) is 18.5. The van der Waals surface area contributed by atoms with E-state index in [4.69, 9.17) is 0 Å². The van der Waals surface area contributed by atoms with Crippen LogP contribution in [0.1, 0.15) is 16.8 Å². The molecule has 1 aliphatic heterocycles. The zero-order valence-electron chi connectivity index (χ0n) is 14.0. The number of rotatable bonds is 3. The minimum atomic E-state index is -0.609. The summed E-state index contributed by atoms with van der Waals surface area (Å²) in [5, 5.41) is 10.7. The molecule has 0 saturated carbocycles. The molecule has 1 N–H and O–H groups in total. The first-order valence-corrected chi connectivity index (χ1v) is 8.17. The van der Waals surface area contributed by atoms with Gasteiger partial charge in [0, 0.05) is 38.4 Å². The van der Waals surface area contributed by atoms with E-state index in [1.54, 1.807) is 18.0 Å². The Kier molecular flexibility index (Phi) is 3.98. The van der Waals surface area contributed by atoms with Crippen molar-refractivity contribution in [1.82, 2.24) is 25.3 Å². The summed E-state index contributed by atoms with van der Waals surface area (Å²) in [5.41, 5.74) is 1.87. The van der Waals surface area contributed by atoms with E-state index >= 15 is 0 Å². The second-order valence-corrected chi connectivity index (χ2v) is 6.28. The third-order valence-electron chi connectivity index (χ3n) is 4.48. The molecule has 1 amide bonds. The molecule has 0 aliphatic carbocycles. The van der Waals surface area contributed by atoms with Crippen molar-refractivity contribution in [3.63, 3.8) is 0 Å². The maximum atomic E-state index is 13.9. The van der Waals surface area contributed by atoms with Crippen molar-refractivity contribution in [3.8, 4) is 0 Å². The molecule has 1 fully saturated rings. The molecule has 1 saturated heterocycles. The van der Waals surface area contributed by atoms with Gasteiger partial charge in [0.05, 0.1) is 11.3 Å². The number of pyridine rings is 1. The molecule has 0 bridgehead atoms. The summed E-state index contributed by atoms with van der Waals surface area (Å²) in [6.45, 7) is 1.03. The smallest absolute Gasteiger partial charge is 0.253 e. The zero-order valence-corrected chi connectivity index (χ0v) is 14.0. The molecule has 3 aromatic rings. The number of carbonyl (C=O) groups is 1. The SMILES string of the molecule is Cn1nnc2cc(C(=O)NC3CCN(c4ccc(F)cc4F)C3)cnc21. The first-order chi connectivity index (χ1) is 12.5. The van der Waals surface area contributed by atoms with E-state index in [1.165, 1.54) is 23.0 Å². The lowest BCUT2D eigenvalue weighted by atomic mass is 10.2. The fourth-order valence-electron chi connectivity index (χ4n) is 3.15. The average Bonchev–Trinajstić information content (AvgIpc) is 3.22. The third kappa shape index (κ3) is 2.96. The number of aromatic nitrogens is 4. The van der Waals surface area contributed by atoms with Gasteiger partial charge < -0.3 is 10.2 Å². The van der Waals surface area contributed by atoms with Gasteiger partial charge in [-0.2, -0.15) is 0 Å². The van der Waals surface area contributed by atoms with Crippen molar-refractivity contribution < 1.29 is 13.6 Å². The highest BCUT2D eigenvalue weighted by atomic mass is 19.1. The second-order valence-electron chi connectivity index (χ2n) is 6.28.